The topological polar surface area (TPSA) is 73.8 Å². The molecule has 8 nitrogen and oxygen atoms in total. The van der Waals surface area contributed by atoms with Crippen LogP contribution in [-0.4, -0.2) is 67.5 Å². The molecule has 0 aliphatic carbocycles. The number of benzene rings is 1. The van der Waals surface area contributed by atoms with Crippen LogP contribution in [0.3, 0.4) is 0 Å². The highest BCUT2D eigenvalue weighted by Crippen LogP contribution is 2.22. The van der Waals surface area contributed by atoms with E-state index in [1.165, 1.54) is 12.8 Å². The minimum atomic E-state index is -0.0756. The van der Waals surface area contributed by atoms with Crippen LogP contribution in [0.5, 0.6) is 5.75 Å². The van der Waals surface area contributed by atoms with Gasteiger partial charge in [-0.3, -0.25) is 0 Å². The molecule has 4 rings (SSSR count). The third-order valence-corrected chi connectivity index (χ3v) is 5.63. The third-order valence-electron chi connectivity index (χ3n) is 5.63. The summed E-state index contributed by atoms with van der Waals surface area (Å²) in [5.41, 5.74) is 1.78. The molecule has 1 aromatic heterocycles. The highest BCUT2D eigenvalue weighted by molar-refractivity contribution is 5.90. The van der Waals surface area contributed by atoms with Crippen molar-refractivity contribution < 1.29 is 9.53 Å². The van der Waals surface area contributed by atoms with E-state index in [1.807, 2.05) is 36.1 Å². The Kier molecular flexibility index (Phi) is 5.69. The first-order valence-electron chi connectivity index (χ1n) is 10.2. The van der Waals surface area contributed by atoms with Crippen molar-refractivity contribution in [2.24, 2.45) is 0 Å². The molecule has 2 aromatic rings. The molecular formula is C21H28N6O2. The minimum Gasteiger partial charge on any atom is -0.497 e. The summed E-state index contributed by atoms with van der Waals surface area (Å²) in [6.07, 6.45) is 2.45. The van der Waals surface area contributed by atoms with E-state index in [-0.39, 0.29) is 6.03 Å². The molecular weight excluding hydrogens is 368 g/mol. The lowest BCUT2D eigenvalue weighted by atomic mass is 10.2. The summed E-state index contributed by atoms with van der Waals surface area (Å²) in [5, 5.41) is 11.8. The molecule has 1 N–H and O–H groups in total. The number of carbonyl (C=O) groups is 1. The van der Waals surface area contributed by atoms with Crippen LogP contribution in [-0.2, 0) is 0 Å². The van der Waals surface area contributed by atoms with Gasteiger partial charge in [-0.05, 0) is 55.7 Å². The molecule has 2 amide bonds. The Morgan fingerprint density at radius 2 is 1.55 bits per heavy atom. The number of rotatable bonds is 4. The first-order valence-corrected chi connectivity index (χ1v) is 10.2. The lowest BCUT2D eigenvalue weighted by Gasteiger charge is -2.35. The Morgan fingerprint density at radius 1 is 0.931 bits per heavy atom. The smallest absolute Gasteiger partial charge is 0.321 e. The number of ether oxygens (including phenoxy) is 1. The van der Waals surface area contributed by atoms with E-state index in [1.54, 1.807) is 7.11 Å². The number of aryl methyl sites for hydroxylation is 1. The highest BCUT2D eigenvalue weighted by atomic mass is 16.5. The summed E-state index contributed by atoms with van der Waals surface area (Å²) in [7, 11) is 1.64. The Bertz CT molecular complexity index is 843. The second kappa shape index (κ2) is 8.55. The lowest BCUT2D eigenvalue weighted by molar-refractivity contribution is 0.208. The van der Waals surface area contributed by atoms with Gasteiger partial charge >= 0.3 is 6.03 Å². The van der Waals surface area contributed by atoms with Crippen LogP contribution in [0.25, 0.3) is 0 Å². The zero-order chi connectivity index (χ0) is 20.2. The molecule has 29 heavy (non-hydrogen) atoms. The molecule has 154 valence electrons. The standard InChI is InChI=1S/C21H28N6O2/c1-16-15-17(29-2)5-6-18(16)22-21(28)27-13-11-26(12-14-27)20-8-7-19(23-24-20)25-9-3-4-10-25/h5-8,15H,3-4,9-14H2,1-2H3,(H,22,28). The second-order valence-electron chi connectivity index (χ2n) is 7.53. The Morgan fingerprint density at radius 3 is 2.10 bits per heavy atom. The largest absolute Gasteiger partial charge is 0.497 e. The van der Waals surface area contributed by atoms with E-state index in [9.17, 15) is 4.79 Å². The van der Waals surface area contributed by atoms with Crippen LogP contribution in [0.1, 0.15) is 18.4 Å². The van der Waals surface area contributed by atoms with Crippen molar-refractivity contribution >= 4 is 23.4 Å². The SMILES string of the molecule is COc1ccc(NC(=O)N2CCN(c3ccc(N4CCCC4)nn3)CC2)c(C)c1. The minimum absolute atomic E-state index is 0.0756. The van der Waals surface area contributed by atoms with Gasteiger partial charge in [-0.15, -0.1) is 10.2 Å². The van der Waals surface area contributed by atoms with Crippen molar-refractivity contribution in [3.8, 4) is 5.75 Å². The van der Waals surface area contributed by atoms with E-state index in [4.69, 9.17) is 4.74 Å². The van der Waals surface area contributed by atoms with Gasteiger partial charge in [-0.1, -0.05) is 0 Å². The van der Waals surface area contributed by atoms with E-state index in [2.05, 4.69) is 31.4 Å². The average molecular weight is 396 g/mol. The first kappa shape index (κ1) is 19.3. The molecule has 0 bridgehead atoms. The van der Waals surface area contributed by atoms with E-state index >= 15 is 0 Å². The van der Waals surface area contributed by atoms with E-state index in [0.29, 0.717) is 13.1 Å². The van der Waals surface area contributed by atoms with Crippen molar-refractivity contribution in [1.29, 1.82) is 0 Å². The van der Waals surface area contributed by atoms with Crippen LogP contribution in [0.2, 0.25) is 0 Å². The van der Waals surface area contributed by atoms with Gasteiger partial charge in [0.15, 0.2) is 11.6 Å². The molecule has 0 unspecified atom stereocenters. The number of anilines is 3. The van der Waals surface area contributed by atoms with Gasteiger partial charge in [0.2, 0.25) is 0 Å². The van der Waals surface area contributed by atoms with Gasteiger partial charge < -0.3 is 24.8 Å². The number of aromatic nitrogens is 2. The number of hydrogen-bond donors (Lipinski definition) is 1. The summed E-state index contributed by atoms with van der Waals surface area (Å²) in [6, 6.07) is 9.66. The molecule has 8 heteroatoms. The number of methoxy groups -OCH3 is 1. The third kappa shape index (κ3) is 4.36. The predicted octanol–water partition coefficient (Wildman–Crippen LogP) is 2.75. The number of amides is 2. The van der Waals surface area contributed by atoms with Crippen LogP contribution in [0.4, 0.5) is 22.1 Å². The monoisotopic (exact) mass is 396 g/mol. The van der Waals surface area contributed by atoms with Gasteiger partial charge in [0.1, 0.15) is 5.75 Å². The molecule has 2 aliphatic rings. The molecule has 0 saturated carbocycles. The zero-order valence-electron chi connectivity index (χ0n) is 17.1. The molecule has 2 saturated heterocycles. The van der Waals surface area contributed by atoms with Crippen LogP contribution >= 0.6 is 0 Å². The van der Waals surface area contributed by atoms with Gasteiger partial charge in [0.05, 0.1) is 7.11 Å². The van der Waals surface area contributed by atoms with Crippen LogP contribution in [0, 0.1) is 6.92 Å². The summed E-state index contributed by atoms with van der Waals surface area (Å²) < 4.78 is 5.22. The maximum atomic E-state index is 12.6. The van der Waals surface area contributed by atoms with Crippen molar-refractivity contribution in [3.63, 3.8) is 0 Å². The predicted molar refractivity (Wildman–Crippen MR) is 114 cm³/mol. The fourth-order valence-corrected chi connectivity index (χ4v) is 3.84. The molecule has 0 atom stereocenters. The number of carbonyl (C=O) groups excluding carboxylic acids is 1. The Hall–Kier alpha value is -3.03. The molecule has 0 spiro atoms. The lowest BCUT2D eigenvalue weighted by Crippen LogP contribution is -2.50. The summed E-state index contributed by atoms with van der Waals surface area (Å²) in [5.74, 6) is 2.61. The summed E-state index contributed by atoms with van der Waals surface area (Å²) in [6.45, 7) is 6.87. The average Bonchev–Trinajstić information content (AvgIpc) is 3.30. The first-order chi connectivity index (χ1) is 14.1. The normalized spacial score (nSPS) is 16.8. The Labute approximate surface area is 171 Å². The molecule has 2 aliphatic heterocycles. The highest BCUT2D eigenvalue weighted by Gasteiger charge is 2.23. The summed E-state index contributed by atoms with van der Waals surface area (Å²) >= 11 is 0. The molecule has 1 aromatic carbocycles. The van der Waals surface area contributed by atoms with E-state index < -0.39 is 0 Å². The van der Waals surface area contributed by atoms with Crippen molar-refractivity contribution in [2.75, 3.05) is 61.5 Å². The van der Waals surface area contributed by atoms with Crippen LogP contribution in [0.15, 0.2) is 30.3 Å². The maximum absolute atomic E-state index is 12.6. The fraction of sp³-hybridized carbons (Fsp3) is 0.476. The quantitative estimate of drug-likeness (QED) is 0.857. The van der Waals surface area contributed by atoms with Crippen LogP contribution < -0.4 is 19.9 Å². The van der Waals surface area contributed by atoms with Gasteiger partial charge in [0.25, 0.3) is 0 Å². The van der Waals surface area contributed by atoms with Crippen molar-refractivity contribution in [1.82, 2.24) is 15.1 Å². The van der Waals surface area contributed by atoms with Gasteiger partial charge in [-0.2, -0.15) is 0 Å². The molecule has 3 heterocycles. The van der Waals surface area contributed by atoms with E-state index in [0.717, 1.165) is 54.8 Å². The van der Waals surface area contributed by atoms with Gasteiger partial charge in [0, 0.05) is 45.0 Å². The number of urea groups is 1. The zero-order valence-corrected chi connectivity index (χ0v) is 17.1. The Balaban J connectivity index is 1.31. The second-order valence-corrected chi connectivity index (χ2v) is 7.53. The number of hydrogen-bond acceptors (Lipinski definition) is 6. The number of nitrogens with zero attached hydrogens (tertiary/aromatic N) is 5. The summed E-state index contributed by atoms with van der Waals surface area (Å²) in [4.78, 5) is 18.9. The van der Waals surface area contributed by atoms with Crippen molar-refractivity contribution in [3.05, 3.63) is 35.9 Å². The molecule has 2 fully saturated rings. The van der Waals surface area contributed by atoms with Gasteiger partial charge in [-0.25, -0.2) is 4.79 Å². The maximum Gasteiger partial charge on any atom is 0.321 e. The fourth-order valence-electron chi connectivity index (χ4n) is 3.84. The number of piperazine rings is 1. The van der Waals surface area contributed by atoms with Crippen molar-refractivity contribution in [2.45, 2.75) is 19.8 Å². The number of nitrogens with one attached hydrogen (secondary N) is 1. The molecule has 0 radical (unpaired) electrons.